The topological polar surface area (TPSA) is 96.1 Å². The predicted molar refractivity (Wildman–Crippen MR) is 97.2 cm³/mol. The van der Waals surface area contributed by atoms with Crippen molar-refractivity contribution in [3.05, 3.63) is 59.2 Å². The van der Waals surface area contributed by atoms with Crippen LogP contribution in [-0.2, 0) is 21.4 Å². The first-order valence-corrected chi connectivity index (χ1v) is 9.79. The van der Waals surface area contributed by atoms with Gasteiger partial charge >= 0.3 is 0 Å². The Morgan fingerprint density at radius 2 is 2.15 bits per heavy atom. The molecule has 0 spiro atoms. The van der Waals surface area contributed by atoms with Crippen LogP contribution in [0.5, 0.6) is 0 Å². The van der Waals surface area contributed by atoms with Crippen LogP contribution in [0, 0.1) is 0 Å². The first kappa shape index (κ1) is 16.8. The molecule has 10 heteroatoms. The number of nitrogens with one attached hydrogen (secondary N) is 1. The molecule has 134 valence electrons. The summed E-state index contributed by atoms with van der Waals surface area (Å²) in [6, 6.07) is 3.52. The summed E-state index contributed by atoms with van der Waals surface area (Å²) in [5.74, 6) is -0.331. The number of sulfonamides is 1. The maximum Gasteiger partial charge on any atom is 0.256 e. The largest absolute Gasteiger partial charge is 0.346 e. The summed E-state index contributed by atoms with van der Waals surface area (Å²) in [6.07, 6.45) is 8.44. The van der Waals surface area contributed by atoms with Gasteiger partial charge in [0.05, 0.1) is 28.6 Å². The smallest absolute Gasteiger partial charge is 0.256 e. The normalized spacial score (nSPS) is 18.3. The van der Waals surface area contributed by atoms with Gasteiger partial charge in [-0.3, -0.25) is 4.79 Å². The monoisotopic (exact) mass is 391 g/mol. The first-order chi connectivity index (χ1) is 12.4. The van der Waals surface area contributed by atoms with Crippen LogP contribution >= 0.6 is 11.6 Å². The molecule has 26 heavy (non-hydrogen) atoms. The number of pyridine rings is 1. The maximum atomic E-state index is 12.5. The molecule has 8 nitrogen and oxygen atoms in total. The van der Waals surface area contributed by atoms with Crippen molar-refractivity contribution in [2.45, 2.75) is 6.54 Å². The molecule has 2 aliphatic heterocycles. The highest BCUT2D eigenvalue weighted by molar-refractivity contribution is 7.90. The molecule has 0 saturated heterocycles. The number of aromatic nitrogens is 2. The van der Waals surface area contributed by atoms with Crippen LogP contribution in [-0.4, -0.2) is 46.7 Å². The van der Waals surface area contributed by atoms with Crippen LogP contribution < -0.4 is 5.32 Å². The fourth-order valence-electron chi connectivity index (χ4n) is 2.76. The van der Waals surface area contributed by atoms with Gasteiger partial charge in [0.1, 0.15) is 5.65 Å². The zero-order valence-electron chi connectivity index (χ0n) is 13.5. The van der Waals surface area contributed by atoms with Crippen LogP contribution in [0.15, 0.2) is 52.8 Å². The minimum atomic E-state index is -3.54. The Bertz CT molecular complexity index is 1100. The van der Waals surface area contributed by atoms with Gasteiger partial charge < -0.3 is 14.6 Å². The molecule has 2 aromatic heterocycles. The standard InChI is InChI=1S/C16H14ClN5O3S/c17-11-3-4-14-19-12(10-22(14)9-11)8-18-16(23)13-2-1-5-21-6-7-26(24,25)20-15(13)21/h1-5,9-10H,6-8H2,(H,18,23). The van der Waals surface area contributed by atoms with Gasteiger partial charge in [-0.2, -0.15) is 0 Å². The van der Waals surface area contributed by atoms with Gasteiger partial charge in [0.2, 0.25) is 0 Å². The molecule has 0 unspecified atom stereocenters. The van der Waals surface area contributed by atoms with Gasteiger partial charge in [-0.1, -0.05) is 11.6 Å². The van der Waals surface area contributed by atoms with Gasteiger partial charge in [0.15, 0.2) is 5.84 Å². The number of nitrogens with zero attached hydrogens (tertiary/aromatic N) is 4. The molecule has 1 N–H and O–H groups in total. The van der Waals surface area contributed by atoms with E-state index in [0.717, 1.165) is 0 Å². The van der Waals surface area contributed by atoms with Crippen molar-refractivity contribution in [1.82, 2.24) is 19.6 Å². The van der Waals surface area contributed by atoms with E-state index in [9.17, 15) is 13.2 Å². The van der Waals surface area contributed by atoms with Crippen molar-refractivity contribution >= 4 is 39.0 Å². The van der Waals surface area contributed by atoms with Crippen molar-refractivity contribution in [1.29, 1.82) is 0 Å². The van der Waals surface area contributed by atoms with Crippen molar-refractivity contribution < 1.29 is 13.2 Å². The number of carbonyl (C=O) groups excluding carboxylic acids is 1. The van der Waals surface area contributed by atoms with Crippen molar-refractivity contribution in [3.63, 3.8) is 0 Å². The number of carbonyl (C=O) groups is 1. The molecule has 0 atom stereocenters. The third-order valence-electron chi connectivity index (χ3n) is 4.00. The van der Waals surface area contributed by atoms with Crippen molar-refractivity contribution in [2.24, 2.45) is 4.40 Å². The molecular formula is C16H14ClN5O3S. The quantitative estimate of drug-likeness (QED) is 0.845. The van der Waals surface area contributed by atoms with E-state index in [1.54, 1.807) is 52.2 Å². The number of rotatable bonds is 3. The number of hydrogen-bond acceptors (Lipinski definition) is 5. The van der Waals surface area contributed by atoms with Crippen LogP contribution in [0.2, 0.25) is 5.02 Å². The van der Waals surface area contributed by atoms with E-state index in [1.165, 1.54) is 0 Å². The van der Waals surface area contributed by atoms with Gasteiger partial charge in [0, 0.05) is 25.1 Å². The molecule has 2 aromatic rings. The third-order valence-corrected chi connectivity index (χ3v) is 5.37. The van der Waals surface area contributed by atoms with Gasteiger partial charge in [-0.05, 0) is 24.3 Å². The van der Waals surface area contributed by atoms with Crippen LogP contribution in [0.1, 0.15) is 5.69 Å². The molecule has 0 aromatic carbocycles. The van der Waals surface area contributed by atoms with Crippen molar-refractivity contribution in [2.75, 3.05) is 12.3 Å². The number of amidine groups is 1. The van der Waals surface area contributed by atoms with E-state index in [2.05, 4.69) is 14.7 Å². The van der Waals surface area contributed by atoms with E-state index >= 15 is 0 Å². The van der Waals surface area contributed by atoms with Crippen LogP contribution in [0.25, 0.3) is 5.65 Å². The maximum absolute atomic E-state index is 12.5. The molecule has 0 saturated carbocycles. The van der Waals surface area contributed by atoms with Crippen LogP contribution in [0.3, 0.4) is 0 Å². The fraction of sp³-hybridized carbons (Fsp3) is 0.188. The molecule has 0 fully saturated rings. The second-order valence-electron chi connectivity index (χ2n) is 5.84. The molecule has 1 amide bonds. The van der Waals surface area contributed by atoms with Gasteiger partial charge in [0.25, 0.3) is 15.9 Å². The highest BCUT2D eigenvalue weighted by atomic mass is 35.5. The average Bonchev–Trinajstić information content (AvgIpc) is 3.00. The second kappa shape index (κ2) is 6.26. The lowest BCUT2D eigenvalue weighted by molar-refractivity contribution is -0.117. The summed E-state index contributed by atoms with van der Waals surface area (Å²) in [4.78, 5) is 18.6. The summed E-state index contributed by atoms with van der Waals surface area (Å²) in [6.45, 7) is 0.467. The van der Waals surface area contributed by atoms with E-state index < -0.39 is 15.9 Å². The summed E-state index contributed by atoms with van der Waals surface area (Å²) in [5.41, 5.74) is 1.58. The third kappa shape index (κ3) is 3.23. The molecule has 4 rings (SSSR count). The molecule has 0 radical (unpaired) electrons. The lowest BCUT2D eigenvalue weighted by Crippen LogP contribution is -2.42. The predicted octanol–water partition coefficient (Wildman–Crippen LogP) is 1.10. The van der Waals surface area contributed by atoms with Crippen molar-refractivity contribution in [3.8, 4) is 0 Å². The SMILES string of the molecule is O=C(NCc1cn2cc(Cl)ccc2n1)C1=CC=CN2CCS(=O)(=O)N=C12. The van der Waals surface area contributed by atoms with E-state index in [1.807, 2.05) is 0 Å². The van der Waals surface area contributed by atoms with E-state index in [0.29, 0.717) is 16.4 Å². The minimum Gasteiger partial charge on any atom is -0.346 e. The van der Waals surface area contributed by atoms with Gasteiger partial charge in [-0.15, -0.1) is 4.40 Å². The highest BCUT2D eigenvalue weighted by Gasteiger charge is 2.29. The highest BCUT2D eigenvalue weighted by Crippen LogP contribution is 2.18. The number of hydrogen-bond donors (Lipinski definition) is 1. The summed E-state index contributed by atoms with van der Waals surface area (Å²) < 4.78 is 29.0. The van der Waals surface area contributed by atoms with E-state index in [4.69, 9.17) is 11.6 Å². The first-order valence-electron chi connectivity index (χ1n) is 7.81. The number of fused-ring (bicyclic) bond motifs is 2. The Morgan fingerprint density at radius 3 is 3.00 bits per heavy atom. The fourth-order valence-corrected chi connectivity index (χ4v) is 3.92. The number of halogens is 1. The number of amides is 1. The number of imidazole rings is 1. The van der Waals surface area contributed by atoms with E-state index in [-0.39, 0.29) is 30.3 Å². The second-order valence-corrected chi connectivity index (χ2v) is 8.03. The lowest BCUT2D eigenvalue weighted by atomic mass is 10.1. The molecule has 4 heterocycles. The Labute approximate surface area is 154 Å². The molecular weight excluding hydrogens is 378 g/mol. The van der Waals surface area contributed by atoms with Crippen LogP contribution in [0.4, 0.5) is 0 Å². The Kier molecular flexibility index (Phi) is 4.04. The zero-order chi connectivity index (χ0) is 18.3. The lowest BCUT2D eigenvalue weighted by Gasteiger charge is -2.28. The molecule has 2 aliphatic rings. The zero-order valence-corrected chi connectivity index (χ0v) is 15.0. The Balaban J connectivity index is 1.53. The molecule has 0 aliphatic carbocycles. The van der Waals surface area contributed by atoms with Gasteiger partial charge in [-0.25, -0.2) is 13.4 Å². The Hall–Kier alpha value is -2.65. The summed E-state index contributed by atoms with van der Waals surface area (Å²) in [5, 5.41) is 3.34. The average molecular weight is 392 g/mol. The minimum absolute atomic E-state index is 0.0699. The summed E-state index contributed by atoms with van der Waals surface area (Å²) in [7, 11) is -3.54. The Morgan fingerprint density at radius 1 is 1.31 bits per heavy atom. The number of allylic oxidation sites excluding steroid dienone is 2. The summed E-state index contributed by atoms with van der Waals surface area (Å²) >= 11 is 5.95. The molecule has 0 bridgehead atoms.